The summed E-state index contributed by atoms with van der Waals surface area (Å²) in [6, 6.07) is 18.5. The normalized spacial score (nSPS) is 11.6. The van der Waals surface area contributed by atoms with E-state index < -0.39 is 0 Å². The maximum absolute atomic E-state index is 5.34. The van der Waals surface area contributed by atoms with Crippen molar-refractivity contribution in [2.45, 2.75) is 33.6 Å². The molecular weight excluding hydrogens is 256 g/mol. The van der Waals surface area contributed by atoms with Crippen molar-refractivity contribution in [3.63, 3.8) is 0 Å². The van der Waals surface area contributed by atoms with E-state index in [-0.39, 0.29) is 0 Å². The minimum Gasteiger partial charge on any atom is -0.494 e. The van der Waals surface area contributed by atoms with Crippen LogP contribution in [-0.4, -0.2) is 6.61 Å². The number of aryl methyl sites for hydroxylation is 1. The largest absolute Gasteiger partial charge is 0.494 e. The Labute approximate surface area is 129 Å². The zero-order valence-corrected chi connectivity index (χ0v) is 13.5. The lowest BCUT2D eigenvalue weighted by molar-refractivity contribution is 0.338. The topological polar surface area (TPSA) is 9.23 Å². The first-order valence-electron chi connectivity index (χ1n) is 7.55. The quantitative estimate of drug-likeness (QED) is 0.648. The molecule has 1 nitrogen and oxygen atoms in total. The summed E-state index contributed by atoms with van der Waals surface area (Å²) in [5.41, 5.74) is 2.58. The molecular formula is C20H26O. The average molecular weight is 282 g/mol. The highest BCUT2D eigenvalue weighted by atomic mass is 16.5. The van der Waals surface area contributed by atoms with Gasteiger partial charge in [-0.05, 0) is 43.9 Å². The summed E-state index contributed by atoms with van der Waals surface area (Å²) in [4.78, 5) is 0. The van der Waals surface area contributed by atoms with Gasteiger partial charge in [0, 0.05) is 0 Å². The summed E-state index contributed by atoms with van der Waals surface area (Å²) in [5, 5.41) is 0. The first-order valence-corrected chi connectivity index (χ1v) is 7.55. The molecule has 2 aromatic rings. The minimum atomic E-state index is 0.543. The van der Waals surface area contributed by atoms with Crippen LogP contribution in [0, 0.1) is 6.92 Å². The molecule has 2 aromatic carbocycles. The zero-order valence-electron chi connectivity index (χ0n) is 13.5. The van der Waals surface area contributed by atoms with E-state index in [1.807, 2.05) is 44.2 Å². The fraction of sp³-hybridized carbons (Fsp3) is 0.300. The van der Waals surface area contributed by atoms with Crippen molar-refractivity contribution < 1.29 is 4.74 Å². The van der Waals surface area contributed by atoms with Gasteiger partial charge in [0.1, 0.15) is 5.75 Å². The summed E-state index contributed by atoms with van der Waals surface area (Å²) in [6.45, 7) is 9.04. The van der Waals surface area contributed by atoms with Gasteiger partial charge >= 0.3 is 0 Å². The Morgan fingerprint density at radius 2 is 1.62 bits per heavy atom. The second-order valence-electron chi connectivity index (χ2n) is 4.92. The number of allylic oxidation sites excluding steroid dienone is 2. The van der Waals surface area contributed by atoms with Crippen LogP contribution in [0.1, 0.15) is 37.8 Å². The van der Waals surface area contributed by atoms with Crippen molar-refractivity contribution in [3.8, 4) is 5.75 Å². The van der Waals surface area contributed by atoms with Crippen LogP contribution >= 0.6 is 0 Å². The van der Waals surface area contributed by atoms with E-state index in [4.69, 9.17) is 4.74 Å². The van der Waals surface area contributed by atoms with Gasteiger partial charge in [-0.15, -0.1) is 0 Å². The summed E-state index contributed by atoms with van der Waals surface area (Å²) in [6.07, 6.45) is 4.30. The first-order chi connectivity index (χ1) is 10.2. The van der Waals surface area contributed by atoms with Crippen LogP contribution in [0.5, 0.6) is 5.75 Å². The van der Waals surface area contributed by atoms with Crippen molar-refractivity contribution in [2.75, 3.05) is 6.61 Å². The van der Waals surface area contributed by atoms with Crippen molar-refractivity contribution in [1.82, 2.24) is 0 Å². The van der Waals surface area contributed by atoms with E-state index in [2.05, 4.69) is 50.3 Å². The smallest absolute Gasteiger partial charge is 0.122 e. The molecule has 0 fully saturated rings. The van der Waals surface area contributed by atoms with E-state index >= 15 is 0 Å². The van der Waals surface area contributed by atoms with Crippen molar-refractivity contribution in [2.24, 2.45) is 0 Å². The van der Waals surface area contributed by atoms with E-state index in [1.165, 1.54) is 11.1 Å². The lowest BCUT2D eigenvalue weighted by Gasteiger charge is -2.04. The Morgan fingerprint density at radius 3 is 2.19 bits per heavy atom. The van der Waals surface area contributed by atoms with Gasteiger partial charge < -0.3 is 4.74 Å². The van der Waals surface area contributed by atoms with Crippen LogP contribution in [0.3, 0.4) is 0 Å². The highest BCUT2D eigenvalue weighted by Gasteiger charge is 1.97. The number of benzene rings is 2. The molecule has 0 saturated carbocycles. The van der Waals surface area contributed by atoms with Crippen LogP contribution in [0.2, 0.25) is 0 Å². The highest BCUT2D eigenvalue weighted by molar-refractivity contribution is 5.31. The molecule has 1 heteroatoms. The zero-order chi connectivity index (χ0) is 15.5. The second-order valence-corrected chi connectivity index (χ2v) is 4.92. The highest BCUT2D eigenvalue weighted by Crippen LogP contribution is 2.15. The number of para-hydroxylation sites is 1. The van der Waals surface area contributed by atoms with Crippen molar-refractivity contribution >= 4 is 0 Å². The third-order valence-electron chi connectivity index (χ3n) is 3.20. The molecule has 1 unspecified atom stereocenters. The number of rotatable bonds is 4. The van der Waals surface area contributed by atoms with Gasteiger partial charge in [0.25, 0.3) is 0 Å². The predicted molar refractivity (Wildman–Crippen MR) is 92.0 cm³/mol. The van der Waals surface area contributed by atoms with Crippen LogP contribution < -0.4 is 4.74 Å². The fourth-order valence-electron chi connectivity index (χ4n) is 2.03. The lowest BCUT2D eigenvalue weighted by Crippen LogP contribution is -1.92. The summed E-state index contributed by atoms with van der Waals surface area (Å²) < 4.78 is 5.34. The molecule has 0 aliphatic heterocycles. The Kier molecular flexibility index (Phi) is 7.96. The monoisotopic (exact) mass is 282 g/mol. The van der Waals surface area contributed by atoms with Crippen LogP contribution in [0.4, 0.5) is 0 Å². The standard InChI is InChI=1S/C11H14.C9H12O/c1-3-7-10(2)11-8-5-4-6-9-11;1-3-10-9-7-5-4-6-8(9)2/h3-10H,1-2H3;4-7H,3H2,1-2H3/b7-3+;. The van der Waals surface area contributed by atoms with E-state index in [1.54, 1.807) is 0 Å². The summed E-state index contributed by atoms with van der Waals surface area (Å²) in [5.74, 6) is 1.53. The molecule has 21 heavy (non-hydrogen) atoms. The van der Waals surface area contributed by atoms with Gasteiger partial charge in [0.2, 0.25) is 0 Å². The molecule has 0 heterocycles. The molecule has 0 aliphatic rings. The molecule has 1 atom stereocenters. The van der Waals surface area contributed by atoms with Crippen LogP contribution in [0.15, 0.2) is 66.7 Å². The molecule has 0 aliphatic carbocycles. The van der Waals surface area contributed by atoms with Crippen molar-refractivity contribution in [1.29, 1.82) is 0 Å². The van der Waals surface area contributed by atoms with Crippen LogP contribution in [-0.2, 0) is 0 Å². The number of hydrogen-bond acceptors (Lipinski definition) is 1. The Hall–Kier alpha value is -2.02. The summed E-state index contributed by atoms with van der Waals surface area (Å²) in [7, 11) is 0. The van der Waals surface area contributed by atoms with Gasteiger partial charge in [-0.1, -0.05) is 67.6 Å². The van der Waals surface area contributed by atoms with Gasteiger partial charge in [-0.25, -0.2) is 0 Å². The molecule has 112 valence electrons. The summed E-state index contributed by atoms with van der Waals surface area (Å²) >= 11 is 0. The number of ether oxygens (including phenoxy) is 1. The Morgan fingerprint density at radius 1 is 1.00 bits per heavy atom. The predicted octanol–water partition coefficient (Wildman–Crippen LogP) is 5.76. The molecule has 0 bridgehead atoms. The third kappa shape index (κ3) is 6.31. The molecule has 0 N–H and O–H groups in total. The molecule has 0 amide bonds. The lowest BCUT2D eigenvalue weighted by atomic mass is 10.0. The van der Waals surface area contributed by atoms with E-state index in [9.17, 15) is 0 Å². The fourth-order valence-corrected chi connectivity index (χ4v) is 2.03. The maximum Gasteiger partial charge on any atom is 0.122 e. The molecule has 0 radical (unpaired) electrons. The third-order valence-corrected chi connectivity index (χ3v) is 3.20. The maximum atomic E-state index is 5.34. The minimum absolute atomic E-state index is 0.543. The SMILES string of the molecule is C/C=C/C(C)c1ccccc1.CCOc1ccccc1C. The average Bonchev–Trinajstić information content (AvgIpc) is 2.52. The Bertz CT molecular complexity index is 529. The van der Waals surface area contributed by atoms with Crippen LogP contribution in [0.25, 0.3) is 0 Å². The molecule has 0 spiro atoms. The van der Waals surface area contributed by atoms with Gasteiger partial charge in [0.15, 0.2) is 0 Å². The Balaban J connectivity index is 0.000000211. The van der Waals surface area contributed by atoms with Gasteiger partial charge in [0.05, 0.1) is 6.61 Å². The first kappa shape index (κ1) is 17.0. The van der Waals surface area contributed by atoms with Crippen molar-refractivity contribution in [3.05, 3.63) is 77.9 Å². The second kappa shape index (κ2) is 9.82. The van der Waals surface area contributed by atoms with E-state index in [0.29, 0.717) is 5.92 Å². The van der Waals surface area contributed by atoms with E-state index in [0.717, 1.165) is 12.4 Å². The van der Waals surface area contributed by atoms with Gasteiger partial charge in [-0.2, -0.15) is 0 Å². The molecule has 2 rings (SSSR count). The molecule has 0 aromatic heterocycles. The molecule has 0 saturated heterocycles. The van der Waals surface area contributed by atoms with Gasteiger partial charge in [-0.3, -0.25) is 0 Å². The number of hydrogen-bond donors (Lipinski definition) is 0.